The molecule has 0 atom stereocenters. The van der Waals surface area contributed by atoms with Gasteiger partial charge in [-0.1, -0.05) is 47.6 Å². The number of rotatable bonds is 1. The van der Waals surface area contributed by atoms with Gasteiger partial charge in [0.1, 0.15) is 0 Å². The van der Waals surface area contributed by atoms with Gasteiger partial charge in [0.25, 0.3) is 0 Å². The first kappa shape index (κ1) is 9.56. The van der Waals surface area contributed by atoms with Gasteiger partial charge in [-0.15, -0.1) is 0 Å². The number of hydrogen-bond acceptors (Lipinski definition) is 0. The van der Waals surface area contributed by atoms with Gasteiger partial charge in [0.05, 0.1) is 0 Å². The molecule has 0 spiro atoms. The maximum atomic E-state index is 2.48. The van der Waals surface area contributed by atoms with Crippen LogP contribution in [0, 0.1) is 5.41 Å². The van der Waals surface area contributed by atoms with Crippen molar-refractivity contribution in [3.05, 3.63) is 11.1 Å². The molecule has 0 amide bonds. The molecule has 0 aromatic heterocycles. The summed E-state index contributed by atoms with van der Waals surface area (Å²) < 4.78 is 1.24. The molecule has 1 aliphatic rings. The molecule has 1 aliphatic carbocycles. The summed E-state index contributed by atoms with van der Waals surface area (Å²) in [5.41, 5.74) is 3.92. The van der Waals surface area contributed by atoms with Gasteiger partial charge in [0.2, 0.25) is 0 Å². The average molecular weight is 264 g/mol. The van der Waals surface area contributed by atoms with E-state index in [4.69, 9.17) is 0 Å². The van der Waals surface area contributed by atoms with Crippen molar-refractivity contribution >= 4 is 22.6 Å². The predicted octanol–water partition coefficient (Wildman–Crippen LogP) is 3.95. The molecule has 0 radical (unpaired) electrons. The minimum absolute atomic E-state index is 0.569. The van der Waals surface area contributed by atoms with Crippen LogP contribution in [0.1, 0.15) is 40.0 Å². The van der Waals surface area contributed by atoms with Gasteiger partial charge in [-0.3, -0.25) is 0 Å². The molecule has 0 N–H and O–H groups in total. The lowest BCUT2D eigenvalue weighted by molar-refractivity contribution is 0.314. The van der Waals surface area contributed by atoms with E-state index in [1.807, 2.05) is 0 Å². The molecule has 1 rings (SSSR count). The fourth-order valence-corrected chi connectivity index (χ4v) is 2.85. The van der Waals surface area contributed by atoms with Crippen LogP contribution in [0.4, 0.5) is 0 Å². The molecule has 0 fully saturated rings. The van der Waals surface area contributed by atoms with Crippen molar-refractivity contribution in [1.82, 2.24) is 0 Å². The molecule has 0 nitrogen and oxygen atoms in total. The van der Waals surface area contributed by atoms with Crippen LogP contribution in [0.5, 0.6) is 0 Å². The van der Waals surface area contributed by atoms with E-state index < -0.39 is 0 Å². The van der Waals surface area contributed by atoms with Crippen molar-refractivity contribution in [2.75, 3.05) is 4.43 Å². The van der Waals surface area contributed by atoms with Gasteiger partial charge in [0, 0.05) is 4.43 Å². The highest BCUT2D eigenvalue weighted by molar-refractivity contribution is 14.1. The summed E-state index contributed by atoms with van der Waals surface area (Å²) in [5, 5.41) is 0. The van der Waals surface area contributed by atoms with E-state index in [2.05, 4.69) is 43.4 Å². The third-order valence-electron chi connectivity index (χ3n) is 2.61. The third kappa shape index (κ3) is 2.46. The summed E-state index contributed by atoms with van der Waals surface area (Å²) in [6.07, 6.45) is 4.02. The Bertz CT molecular complexity index is 177. The second-order valence-corrected chi connectivity index (χ2v) is 5.12. The lowest BCUT2D eigenvalue weighted by Crippen LogP contribution is -2.17. The summed E-state index contributed by atoms with van der Waals surface area (Å²) in [7, 11) is 0. The van der Waals surface area contributed by atoms with Crippen LogP contribution in [0.15, 0.2) is 11.1 Å². The van der Waals surface area contributed by atoms with E-state index in [0.29, 0.717) is 5.41 Å². The Morgan fingerprint density at radius 2 is 2.09 bits per heavy atom. The van der Waals surface area contributed by atoms with Crippen LogP contribution in [-0.2, 0) is 0 Å². The second-order valence-electron chi connectivity index (χ2n) is 4.36. The molecule has 0 unspecified atom stereocenters. The zero-order valence-electron chi connectivity index (χ0n) is 7.71. The SMILES string of the molecule is CC1=C(CI)CCC(C)(C)C1. The van der Waals surface area contributed by atoms with Crippen LogP contribution in [0.2, 0.25) is 0 Å². The molecular formula is C10H17I. The van der Waals surface area contributed by atoms with Gasteiger partial charge < -0.3 is 0 Å². The van der Waals surface area contributed by atoms with Crippen molar-refractivity contribution in [3.8, 4) is 0 Å². The van der Waals surface area contributed by atoms with Crippen molar-refractivity contribution < 1.29 is 0 Å². The highest BCUT2D eigenvalue weighted by Crippen LogP contribution is 2.38. The van der Waals surface area contributed by atoms with Crippen LogP contribution in [0.3, 0.4) is 0 Å². The molecule has 0 heterocycles. The summed E-state index contributed by atoms with van der Waals surface area (Å²) in [4.78, 5) is 0. The maximum Gasteiger partial charge on any atom is 0.0208 e. The first-order chi connectivity index (χ1) is 5.05. The predicted molar refractivity (Wildman–Crippen MR) is 59.2 cm³/mol. The second kappa shape index (κ2) is 3.46. The molecule has 64 valence electrons. The summed E-state index contributed by atoms with van der Waals surface area (Å²) >= 11 is 2.48. The van der Waals surface area contributed by atoms with Crippen LogP contribution in [-0.4, -0.2) is 4.43 Å². The summed E-state index contributed by atoms with van der Waals surface area (Å²) in [5.74, 6) is 0. The van der Waals surface area contributed by atoms with Crippen molar-refractivity contribution in [3.63, 3.8) is 0 Å². The monoisotopic (exact) mass is 264 g/mol. The molecule has 0 aromatic rings. The largest absolute Gasteiger partial charge is 0.0815 e. The van der Waals surface area contributed by atoms with Crippen molar-refractivity contribution in [2.45, 2.75) is 40.0 Å². The molecule has 1 heteroatoms. The van der Waals surface area contributed by atoms with E-state index in [-0.39, 0.29) is 0 Å². The maximum absolute atomic E-state index is 2.48. The van der Waals surface area contributed by atoms with E-state index in [1.54, 1.807) is 11.1 Å². The zero-order valence-corrected chi connectivity index (χ0v) is 9.86. The highest BCUT2D eigenvalue weighted by atomic mass is 127. The van der Waals surface area contributed by atoms with E-state index >= 15 is 0 Å². The molecule has 0 aromatic carbocycles. The Morgan fingerprint density at radius 3 is 2.55 bits per heavy atom. The van der Waals surface area contributed by atoms with Gasteiger partial charge in [-0.25, -0.2) is 0 Å². The molecule has 0 bridgehead atoms. The Morgan fingerprint density at radius 1 is 1.45 bits per heavy atom. The van der Waals surface area contributed by atoms with Gasteiger partial charge in [0.15, 0.2) is 0 Å². The zero-order chi connectivity index (χ0) is 8.48. The molecule has 11 heavy (non-hydrogen) atoms. The van der Waals surface area contributed by atoms with Crippen molar-refractivity contribution in [2.24, 2.45) is 5.41 Å². The lowest BCUT2D eigenvalue weighted by Gasteiger charge is -2.31. The molecule has 0 saturated heterocycles. The first-order valence-corrected chi connectivity index (χ1v) is 5.81. The Kier molecular flexibility index (Phi) is 3.01. The Hall–Kier alpha value is 0.470. The Balaban J connectivity index is 2.71. The molecule has 0 saturated carbocycles. The van der Waals surface area contributed by atoms with Gasteiger partial charge in [-0.2, -0.15) is 0 Å². The fourth-order valence-electron chi connectivity index (χ4n) is 1.81. The quantitative estimate of drug-likeness (QED) is 0.382. The van der Waals surface area contributed by atoms with Crippen molar-refractivity contribution in [1.29, 1.82) is 0 Å². The van der Waals surface area contributed by atoms with E-state index in [1.165, 1.54) is 23.7 Å². The number of alkyl halides is 1. The summed E-state index contributed by atoms with van der Waals surface area (Å²) in [6.45, 7) is 7.05. The lowest BCUT2D eigenvalue weighted by atomic mass is 9.75. The third-order valence-corrected chi connectivity index (χ3v) is 3.53. The smallest absolute Gasteiger partial charge is 0.0208 e. The van der Waals surface area contributed by atoms with Crippen LogP contribution in [0.25, 0.3) is 0 Å². The minimum Gasteiger partial charge on any atom is -0.0815 e. The van der Waals surface area contributed by atoms with Gasteiger partial charge >= 0.3 is 0 Å². The van der Waals surface area contributed by atoms with E-state index in [9.17, 15) is 0 Å². The van der Waals surface area contributed by atoms with Gasteiger partial charge in [-0.05, 0) is 31.6 Å². The fraction of sp³-hybridized carbons (Fsp3) is 0.800. The number of allylic oxidation sites excluding steroid dienone is 2. The average Bonchev–Trinajstić information content (AvgIpc) is 1.86. The van der Waals surface area contributed by atoms with E-state index in [0.717, 1.165) is 0 Å². The normalized spacial score (nSPS) is 24.0. The van der Waals surface area contributed by atoms with Crippen LogP contribution < -0.4 is 0 Å². The first-order valence-electron chi connectivity index (χ1n) is 4.29. The topological polar surface area (TPSA) is 0 Å². The number of hydrogen-bond donors (Lipinski definition) is 0. The minimum atomic E-state index is 0.569. The van der Waals surface area contributed by atoms with Crippen LogP contribution >= 0.6 is 22.6 Å². The molecular weight excluding hydrogens is 247 g/mol. The Labute approximate surface area is 83.6 Å². The summed E-state index contributed by atoms with van der Waals surface area (Å²) in [6, 6.07) is 0. The standard InChI is InChI=1S/C10H17I/c1-8-6-10(2,3)5-4-9(8)7-11/h4-7H2,1-3H3. The molecule has 0 aliphatic heterocycles. The highest BCUT2D eigenvalue weighted by Gasteiger charge is 2.24. The number of halogens is 1.